The highest BCUT2D eigenvalue weighted by Crippen LogP contribution is 2.20. The number of benzene rings is 2. The van der Waals surface area contributed by atoms with Gasteiger partial charge in [0, 0.05) is 0 Å². The summed E-state index contributed by atoms with van der Waals surface area (Å²) in [5, 5.41) is 14.8. The van der Waals surface area contributed by atoms with Gasteiger partial charge in [0.15, 0.2) is 0 Å². The number of aryl methyl sites for hydroxylation is 2. The van der Waals surface area contributed by atoms with Crippen LogP contribution < -0.4 is 5.32 Å². The summed E-state index contributed by atoms with van der Waals surface area (Å²) in [4.78, 5) is 12.3. The van der Waals surface area contributed by atoms with Crippen LogP contribution >= 0.6 is 11.8 Å². The van der Waals surface area contributed by atoms with Gasteiger partial charge in [-0.25, -0.2) is 4.39 Å². The molecule has 2 aromatic carbocycles. The van der Waals surface area contributed by atoms with Crippen molar-refractivity contribution in [3.05, 3.63) is 65.0 Å². The Morgan fingerprint density at radius 3 is 2.78 bits per heavy atom. The molecule has 0 bridgehead atoms. The minimum Gasteiger partial charge on any atom is -0.349 e. The Morgan fingerprint density at radius 2 is 2.04 bits per heavy atom. The molecule has 1 aromatic heterocycles. The molecule has 6 nitrogen and oxygen atoms in total. The maximum atomic E-state index is 13.4. The third-order valence-electron chi connectivity index (χ3n) is 4.23. The Hall–Kier alpha value is -2.74. The lowest BCUT2D eigenvalue weighted by Gasteiger charge is -2.15. The lowest BCUT2D eigenvalue weighted by atomic mass is 10.0. The van der Waals surface area contributed by atoms with Gasteiger partial charge in [0.05, 0.1) is 17.5 Å². The zero-order valence-electron chi connectivity index (χ0n) is 15.3. The van der Waals surface area contributed by atoms with Gasteiger partial charge in [-0.1, -0.05) is 36.0 Å². The van der Waals surface area contributed by atoms with E-state index in [2.05, 4.69) is 46.8 Å². The largest absolute Gasteiger partial charge is 0.349 e. The lowest BCUT2D eigenvalue weighted by molar-refractivity contribution is -0.119. The van der Waals surface area contributed by atoms with Crippen molar-refractivity contribution in [1.29, 1.82) is 0 Å². The number of carbonyl (C=O) groups is 1. The van der Waals surface area contributed by atoms with Crippen LogP contribution in [0.25, 0.3) is 5.69 Å². The van der Waals surface area contributed by atoms with Crippen LogP contribution in [-0.4, -0.2) is 31.9 Å². The normalized spacial score (nSPS) is 12.0. The van der Waals surface area contributed by atoms with Crippen LogP contribution in [-0.2, 0) is 4.79 Å². The van der Waals surface area contributed by atoms with Crippen molar-refractivity contribution in [2.24, 2.45) is 0 Å². The molecule has 1 atom stereocenters. The van der Waals surface area contributed by atoms with Crippen LogP contribution in [0.3, 0.4) is 0 Å². The second kappa shape index (κ2) is 8.30. The third-order valence-corrected chi connectivity index (χ3v) is 5.15. The molecular formula is C19H20FN5OS. The van der Waals surface area contributed by atoms with E-state index in [4.69, 9.17) is 0 Å². The molecule has 0 fully saturated rings. The van der Waals surface area contributed by atoms with Gasteiger partial charge in [-0.2, -0.15) is 4.68 Å². The van der Waals surface area contributed by atoms with E-state index < -0.39 is 0 Å². The van der Waals surface area contributed by atoms with Crippen molar-refractivity contribution in [3.8, 4) is 5.69 Å². The minimum atomic E-state index is -0.376. The quantitative estimate of drug-likeness (QED) is 0.659. The molecule has 0 aliphatic carbocycles. The van der Waals surface area contributed by atoms with Crippen LogP contribution in [0.5, 0.6) is 0 Å². The smallest absolute Gasteiger partial charge is 0.230 e. The number of aromatic nitrogens is 4. The van der Waals surface area contributed by atoms with Crippen molar-refractivity contribution in [1.82, 2.24) is 25.5 Å². The second-order valence-electron chi connectivity index (χ2n) is 6.27. The summed E-state index contributed by atoms with van der Waals surface area (Å²) in [5.74, 6) is -0.344. The number of hydrogen-bond donors (Lipinski definition) is 1. The molecule has 3 aromatic rings. The number of hydrogen-bond acceptors (Lipinski definition) is 5. The van der Waals surface area contributed by atoms with Crippen molar-refractivity contribution in [2.45, 2.75) is 32.0 Å². The van der Waals surface area contributed by atoms with E-state index in [0.717, 1.165) is 5.56 Å². The molecule has 8 heteroatoms. The molecule has 140 valence electrons. The molecule has 1 amide bonds. The van der Waals surface area contributed by atoms with Crippen molar-refractivity contribution < 1.29 is 9.18 Å². The van der Waals surface area contributed by atoms with E-state index in [-0.39, 0.29) is 23.5 Å². The van der Waals surface area contributed by atoms with E-state index in [1.165, 1.54) is 39.7 Å². The molecule has 1 heterocycles. The second-order valence-corrected chi connectivity index (χ2v) is 7.22. The first kappa shape index (κ1) is 19.0. The van der Waals surface area contributed by atoms with Gasteiger partial charge in [-0.05, 0) is 66.1 Å². The topological polar surface area (TPSA) is 72.7 Å². The van der Waals surface area contributed by atoms with E-state index in [1.807, 2.05) is 13.0 Å². The molecule has 0 unspecified atom stereocenters. The predicted molar refractivity (Wildman–Crippen MR) is 102 cm³/mol. The number of nitrogens with one attached hydrogen (secondary N) is 1. The van der Waals surface area contributed by atoms with Crippen LogP contribution in [0.2, 0.25) is 0 Å². The average Bonchev–Trinajstić information content (AvgIpc) is 3.11. The van der Waals surface area contributed by atoms with Gasteiger partial charge >= 0.3 is 0 Å². The fraction of sp³-hybridized carbons (Fsp3) is 0.263. The summed E-state index contributed by atoms with van der Waals surface area (Å²) in [7, 11) is 0. The first-order chi connectivity index (χ1) is 12.9. The summed E-state index contributed by atoms with van der Waals surface area (Å²) in [6.45, 7) is 6.06. The molecule has 0 spiro atoms. The Kier molecular flexibility index (Phi) is 5.85. The lowest BCUT2D eigenvalue weighted by Crippen LogP contribution is -2.28. The number of thioether (sulfide) groups is 1. The van der Waals surface area contributed by atoms with Gasteiger partial charge in [0.2, 0.25) is 11.1 Å². The Balaban J connectivity index is 1.61. The number of nitrogens with zero attached hydrogens (tertiary/aromatic N) is 4. The monoisotopic (exact) mass is 385 g/mol. The van der Waals surface area contributed by atoms with E-state index in [9.17, 15) is 9.18 Å². The van der Waals surface area contributed by atoms with Crippen LogP contribution in [0.1, 0.15) is 29.7 Å². The molecule has 3 rings (SSSR count). The Morgan fingerprint density at radius 1 is 1.22 bits per heavy atom. The molecule has 0 saturated heterocycles. The SMILES string of the molecule is Cc1ccc([C@H](C)NC(=O)CSc2nnnn2-c2cccc(F)c2)cc1C. The van der Waals surface area contributed by atoms with Crippen molar-refractivity contribution in [3.63, 3.8) is 0 Å². The van der Waals surface area contributed by atoms with Gasteiger partial charge in [0.25, 0.3) is 0 Å². The minimum absolute atomic E-state index is 0.100. The zero-order chi connectivity index (χ0) is 19.4. The highest BCUT2D eigenvalue weighted by molar-refractivity contribution is 7.99. The third kappa shape index (κ3) is 4.71. The molecule has 0 radical (unpaired) electrons. The molecule has 0 aliphatic heterocycles. The van der Waals surface area contributed by atoms with Gasteiger partial charge < -0.3 is 5.32 Å². The van der Waals surface area contributed by atoms with Crippen molar-refractivity contribution in [2.75, 3.05) is 5.75 Å². The summed E-state index contributed by atoms with van der Waals surface area (Å²) >= 11 is 1.20. The molecule has 1 N–H and O–H groups in total. The summed E-state index contributed by atoms with van der Waals surface area (Å²) < 4.78 is 14.8. The zero-order valence-corrected chi connectivity index (χ0v) is 16.1. The maximum absolute atomic E-state index is 13.4. The van der Waals surface area contributed by atoms with Crippen molar-refractivity contribution >= 4 is 17.7 Å². The molecule has 0 aliphatic rings. The van der Waals surface area contributed by atoms with Crippen LogP contribution in [0, 0.1) is 19.7 Å². The fourth-order valence-electron chi connectivity index (χ4n) is 2.57. The predicted octanol–water partition coefficient (Wildman–Crippen LogP) is 3.39. The number of halogens is 1. The Labute approximate surface area is 161 Å². The molecular weight excluding hydrogens is 365 g/mol. The van der Waals surface area contributed by atoms with Crippen LogP contribution in [0.4, 0.5) is 4.39 Å². The standard InChI is InChI=1S/C19H20FN5OS/c1-12-7-8-15(9-13(12)2)14(3)21-18(26)11-27-19-22-23-24-25(19)17-6-4-5-16(20)10-17/h4-10,14H,11H2,1-3H3,(H,21,26)/t14-/m0/s1. The van der Waals surface area contributed by atoms with Gasteiger partial charge in [0.1, 0.15) is 5.82 Å². The van der Waals surface area contributed by atoms with E-state index >= 15 is 0 Å². The first-order valence-corrected chi connectivity index (χ1v) is 9.46. The number of amides is 1. The molecule has 27 heavy (non-hydrogen) atoms. The highest BCUT2D eigenvalue weighted by atomic mass is 32.2. The summed E-state index contributed by atoms with van der Waals surface area (Å²) in [6.07, 6.45) is 0. The fourth-order valence-corrected chi connectivity index (χ4v) is 3.27. The Bertz CT molecular complexity index is 959. The van der Waals surface area contributed by atoms with Gasteiger partial charge in [-0.15, -0.1) is 5.10 Å². The van der Waals surface area contributed by atoms with Crippen LogP contribution in [0.15, 0.2) is 47.6 Å². The first-order valence-electron chi connectivity index (χ1n) is 8.47. The highest BCUT2D eigenvalue weighted by Gasteiger charge is 2.14. The molecule has 0 saturated carbocycles. The number of carbonyl (C=O) groups excluding carboxylic acids is 1. The van der Waals surface area contributed by atoms with Gasteiger partial charge in [-0.3, -0.25) is 4.79 Å². The average molecular weight is 385 g/mol. The number of rotatable bonds is 6. The van der Waals surface area contributed by atoms with E-state index in [1.54, 1.807) is 12.1 Å². The summed E-state index contributed by atoms with van der Waals surface area (Å²) in [5.41, 5.74) is 3.97. The maximum Gasteiger partial charge on any atom is 0.230 e. The van der Waals surface area contributed by atoms with E-state index in [0.29, 0.717) is 10.8 Å². The number of tetrazole rings is 1. The summed E-state index contributed by atoms with van der Waals surface area (Å²) in [6, 6.07) is 12.0.